The molecule has 7 heteroatoms. The van der Waals surface area contributed by atoms with Gasteiger partial charge in [0.1, 0.15) is 0 Å². The molecule has 1 aliphatic rings. The number of carbonyl (C=O) groups excluding carboxylic acids is 1. The minimum absolute atomic E-state index is 0.197. The van der Waals surface area contributed by atoms with Gasteiger partial charge in [-0.2, -0.15) is 4.31 Å². The second kappa shape index (κ2) is 8.63. The van der Waals surface area contributed by atoms with Crippen molar-refractivity contribution < 1.29 is 13.2 Å². The molecular weight excluding hydrogens is 416 g/mol. The van der Waals surface area contributed by atoms with E-state index in [2.05, 4.69) is 5.32 Å². The quantitative estimate of drug-likeness (QED) is 0.600. The number of nitrogens with zero attached hydrogens (tertiary/aromatic N) is 1. The summed E-state index contributed by atoms with van der Waals surface area (Å²) >= 11 is 1.60. The van der Waals surface area contributed by atoms with Crippen LogP contribution in [0, 0.1) is 0 Å². The Morgan fingerprint density at radius 2 is 1.70 bits per heavy atom. The highest BCUT2D eigenvalue weighted by Crippen LogP contribution is 2.25. The number of anilines is 1. The zero-order valence-electron chi connectivity index (χ0n) is 16.5. The third kappa shape index (κ3) is 4.28. The molecule has 0 saturated heterocycles. The summed E-state index contributed by atoms with van der Waals surface area (Å²) in [4.78, 5) is 13.8. The fourth-order valence-corrected chi connectivity index (χ4v) is 5.38. The molecular formula is C23H22N2O3S2. The van der Waals surface area contributed by atoms with Gasteiger partial charge in [-0.15, -0.1) is 11.8 Å². The zero-order chi connectivity index (χ0) is 21.1. The van der Waals surface area contributed by atoms with Gasteiger partial charge in [-0.05, 0) is 66.3 Å². The number of benzene rings is 3. The minimum Gasteiger partial charge on any atom is -0.322 e. The van der Waals surface area contributed by atoms with Gasteiger partial charge < -0.3 is 5.32 Å². The highest BCUT2D eigenvalue weighted by molar-refractivity contribution is 7.98. The first kappa shape index (κ1) is 20.7. The van der Waals surface area contributed by atoms with E-state index in [-0.39, 0.29) is 10.8 Å². The van der Waals surface area contributed by atoms with Crippen molar-refractivity contribution in [2.24, 2.45) is 0 Å². The van der Waals surface area contributed by atoms with Crippen LogP contribution in [-0.2, 0) is 23.0 Å². The lowest BCUT2D eigenvalue weighted by atomic mass is 10.0. The van der Waals surface area contributed by atoms with Gasteiger partial charge in [0.05, 0.1) is 4.90 Å². The van der Waals surface area contributed by atoms with Crippen LogP contribution in [-0.4, -0.2) is 31.4 Å². The molecule has 4 rings (SSSR count). The predicted octanol–water partition coefficient (Wildman–Crippen LogP) is 4.41. The summed E-state index contributed by atoms with van der Waals surface area (Å²) in [6.07, 6.45) is 2.67. The Labute approximate surface area is 181 Å². The van der Waals surface area contributed by atoms with E-state index in [0.29, 0.717) is 30.8 Å². The van der Waals surface area contributed by atoms with Gasteiger partial charge >= 0.3 is 0 Å². The standard InChI is InChI=1S/C23H22N2O3S2/c1-29-21-8-4-7-20(15-21)24-23(26)18-9-11-22(12-10-18)30(27,28)25-14-13-17-5-2-3-6-19(17)16-25/h2-12,15H,13-14,16H2,1H3,(H,24,26). The molecule has 3 aromatic rings. The van der Waals surface area contributed by atoms with Crippen LogP contribution in [0.4, 0.5) is 5.69 Å². The number of nitrogens with one attached hydrogen (secondary N) is 1. The van der Waals surface area contributed by atoms with Crippen LogP contribution in [0.5, 0.6) is 0 Å². The predicted molar refractivity (Wildman–Crippen MR) is 120 cm³/mol. The molecule has 1 aliphatic heterocycles. The molecule has 0 aliphatic carbocycles. The number of hydrogen-bond acceptors (Lipinski definition) is 4. The molecule has 0 unspecified atom stereocenters. The molecule has 0 fully saturated rings. The van der Waals surface area contributed by atoms with E-state index in [1.54, 1.807) is 23.9 Å². The van der Waals surface area contributed by atoms with E-state index in [1.165, 1.54) is 22.0 Å². The molecule has 30 heavy (non-hydrogen) atoms. The van der Waals surface area contributed by atoms with Gasteiger partial charge in [-0.25, -0.2) is 8.42 Å². The van der Waals surface area contributed by atoms with Crippen molar-refractivity contribution in [2.75, 3.05) is 18.1 Å². The number of rotatable bonds is 5. The normalized spacial score (nSPS) is 14.2. The van der Waals surface area contributed by atoms with E-state index < -0.39 is 10.0 Å². The maximum atomic E-state index is 13.1. The largest absolute Gasteiger partial charge is 0.322 e. The number of sulfonamides is 1. The minimum atomic E-state index is -3.62. The summed E-state index contributed by atoms with van der Waals surface area (Å²) in [6.45, 7) is 0.819. The highest BCUT2D eigenvalue weighted by atomic mass is 32.2. The first-order chi connectivity index (χ1) is 14.5. The summed E-state index contributed by atoms with van der Waals surface area (Å²) < 4.78 is 27.6. The Hall–Kier alpha value is -2.61. The summed E-state index contributed by atoms with van der Waals surface area (Å²) in [5, 5.41) is 2.85. The third-order valence-electron chi connectivity index (χ3n) is 5.18. The van der Waals surface area contributed by atoms with E-state index in [0.717, 1.165) is 10.5 Å². The fraction of sp³-hybridized carbons (Fsp3) is 0.174. The van der Waals surface area contributed by atoms with Crippen LogP contribution in [0.25, 0.3) is 0 Å². The molecule has 154 valence electrons. The molecule has 0 saturated carbocycles. The van der Waals surface area contributed by atoms with Gasteiger partial charge in [-0.3, -0.25) is 4.79 Å². The molecule has 1 heterocycles. The number of carbonyl (C=O) groups is 1. The van der Waals surface area contributed by atoms with Crippen LogP contribution in [0.1, 0.15) is 21.5 Å². The van der Waals surface area contributed by atoms with Crippen LogP contribution < -0.4 is 5.32 Å². The molecule has 0 spiro atoms. The van der Waals surface area contributed by atoms with E-state index >= 15 is 0 Å². The first-order valence-corrected chi connectivity index (χ1v) is 12.3. The molecule has 1 amide bonds. The van der Waals surface area contributed by atoms with E-state index in [1.807, 2.05) is 54.8 Å². The maximum Gasteiger partial charge on any atom is 0.255 e. The van der Waals surface area contributed by atoms with Crippen LogP contribution in [0.15, 0.2) is 82.6 Å². The molecule has 0 aromatic heterocycles. The van der Waals surface area contributed by atoms with Crippen molar-refractivity contribution in [3.63, 3.8) is 0 Å². The zero-order valence-corrected chi connectivity index (χ0v) is 18.2. The third-order valence-corrected chi connectivity index (χ3v) is 7.76. The van der Waals surface area contributed by atoms with Crippen LogP contribution in [0.2, 0.25) is 0 Å². The van der Waals surface area contributed by atoms with E-state index in [9.17, 15) is 13.2 Å². The Morgan fingerprint density at radius 3 is 2.43 bits per heavy atom. The van der Waals surface area contributed by atoms with Crippen molar-refractivity contribution >= 4 is 33.4 Å². The van der Waals surface area contributed by atoms with Crippen molar-refractivity contribution in [1.29, 1.82) is 0 Å². The van der Waals surface area contributed by atoms with Crippen molar-refractivity contribution in [3.8, 4) is 0 Å². The van der Waals surface area contributed by atoms with Crippen molar-refractivity contribution in [2.45, 2.75) is 22.8 Å². The maximum absolute atomic E-state index is 13.1. The monoisotopic (exact) mass is 438 g/mol. The fourth-order valence-electron chi connectivity index (χ4n) is 3.51. The topological polar surface area (TPSA) is 66.5 Å². The average Bonchev–Trinajstić information content (AvgIpc) is 2.79. The van der Waals surface area contributed by atoms with Crippen LogP contribution >= 0.6 is 11.8 Å². The number of hydrogen-bond donors (Lipinski definition) is 1. The number of fused-ring (bicyclic) bond motifs is 1. The SMILES string of the molecule is CSc1cccc(NC(=O)c2ccc(S(=O)(=O)N3CCc4ccccc4C3)cc2)c1. The molecule has 0 bridgehead atoms. The van der Waals surface area contributed by atoms with Crippen molar-refractivity contribution in [1.82, 2.24) is 4.31 Å². The number of thioether (sulfide) groups is 1. The molecule has 0 radical (unpaired) electrons. The number of amides is 1. The molecule has 3 aromatic carbocycles. The summed E-state index contributed by atoms with van der Waals surface area (Å²) in [5.74, 6) is -0.274. The van der Waals surface area contributed by atoms with Gasteiger partial charge in [0.2, 0.25) is 10.0 Å². The molecule has 5 nitrogen and oxygen atoms in total. The second-order valence-electron chi connectivity index (χ2n) is 7.07. The van der Waals surface area contributed by atoms with E-state index in [4.69, 9.17) is 0 Å². The summed E-state index contributed by atoms with van der Waals surface area (Å²) in [7, 11) is -3.62. The Bertz CT molecular complexity index is 1180. The van der Waals surface area contributed by atoms with Gasteiger partial charge in [0, 0.05) is 29.2 Å². The smallest absolute Gasteiger partial charge is 0.255 e. The Balaban J connectivity index is 1.49. The lowest BCUT2D eigenvalue weighted by molar-refractivity contribution is 0.102. The van der Waals surface area contributed by atoms with Crippen molar-refractivity contribution in [3.05, 3.63) is 89.5 Å². The van der Waals surface area contributed by atoms with Gasteiger partial charge in [-0.1, -0.05) is 30.3 Å². The summed E-state index contributed by atoms with van der Waals surface area (Å²) in [6, 6.07) is 21.6. The summed E-state index contributed by atoms with van der Waals surface area (Å²) in [5.41, 5.74) is 3.35. The lowest BCUT2D eigenvalue weighted by Gasteiger charge is -2.28. The lowest BCUT2D eigenvalue weighted by Crippen LogP contribution is -2.35. The average molecular weight is 439 g/mol. The highest BCUT2D eigenvalue weighted by Gasteiger charge is 2.28. The van der Waals surface area contributed by atoms with Crippen LogP contribution in [0.3, 0.4) is 0 Å². The second-order valence-corrected chi connectivity index (χ2v) is 9.89. The first-order valence-electron chi connectivity index (χ1n) is 9.60. The molecule has 1 N–H and O–H groups in total. The van der Waals surface area contributed by atoms with Gasteiger partial charge in [0.15, 0.2) is 0 Å². The Morgan fingerprint density at radius 1 is 0.967 bits per heavy atom. The van der Waals surface area contributed by atoms with Gasteiger partial charge in [0.25, 0.3) is 5.91 Å². The molecule has 0 atom stereocenters. The Kier molecular flexibility index (Phi) is 5.94.